The van der Waals surface area contributed by atoms with Crippen molar-refractivity contribution in [3.05, 3.63) is 24.3 Å². The molecule has 0 saturated carbocycles. The van der Waals surface area contributed by atoms with Crippen LogP contribution in [0.4, 0.5) is 11.4 Å². The van der Waals surface area contributed by atoms with Gasteiger partial charge in [0.2, 0.25) is 0 Å². The molecule has 0 amide bonds. The summed E-state index contributed by atoms with van der Waals surface area (Å²) in [6, 6.07) is 8.42. The number of nitrogens with one attached hydrogen (secondary N) is 1. The highest BCUT2D eigenvalue weighted by molar-refractivity contribution is 5.54. The second-order valence-electron chi connectivity index (χ2n) is 3.71. The Bertz CT molecular complexity index is 269. The van der Waals surface area contributed by atoms with Crippen LogP contribution in [0.2, 0.25) is 0 Å². The predicted octanol–water partition coefficient (Wildman–Crippen LogP) is 2.20. The molecule has 0 atom stereocenters. The van der Waals surface area contributed by atoms with Crippen molar-refractivity contribution in [3.8, 4) is 0 Å². The maximum Gasteiger partial charge on any atom is 0.0479 e. The second-order valence-corrected chi connectivity index (χ2v) is 3.71. The first kappa shape index (κ1) is 11.9. The molecule has 0 fully saturated rings. The van der Waals surface area contributed by atoms with E-state index >= 15 is 0 Å². The Hall–Kier alpha value is -1.22. The highest BCUT2D eigenvalue weighted by atomic mass is 16.5. The number of hydrogen-bond donors (Lipinski definition) is 1. The van der Waals surface area contributed by atoms with Gasteiger partial charge < -0.3 is 15.0 Å². The zero-order valence-electron chi connectivity index (χ0n) is 9.79. The Morgan fingerprint density at radius 1 is 1.20 bits per heavy atom. The number of rotatable bonds is 6. The monoisotopic (exact) mass is 208 g/mol. The van der Waals surface area contributed by atoms with Crippen LogP contribution in [0.3, 0.4) is 0 Å². The van der Waals surface area contributed by atoms with E-state index in [1.165, 1.54) is 5.69 Å². The van der Waals surface area contributed by atoms with E-state index in [0.717, 1.165) is 25.3 Å². The first-order valence-corrected chi connectivity index (χ1v) is 5.24. The summed E-state index contributed by atoms with van der Waals surface area (Å²) in [5, 5.41) is 3.35. The third-order valence-corrected chi connectivity index (χ3v) is 2.24. The van der Waals surface area contributed by atoms with Gasteiger partial charge in [-0.15, -0.1) is 0 Å². The summed E-state index contributed by atoms with van der Waals surface area (Å²) in [4.78, 5) is 2.09. The molecule has 1 aromatic carbocycles. The lowest BCUT2D eigenvalue weighted by Gasteiger charge is -2.13. The smallest absolute Gasteiger partial charge is 0.0479 e. The van der Waals surface area contributed by atoms with Gasteiger partial charge in [-0.1, -0.05) is 0 Å². The van der Waals surface area contributed by atoms with E-state index in [2.05, 4.69) is 34.5 Å². The molecule has 84 valence electrons. The molecule has 0 bridgehead atoms. The number of benzene rings is 1. The molecule has 0 saturated heterocycles. The van der Waals surface area contributed by atoms with Crippen LogP contribution in [0.25, 0.3) is 0 Å². The fraction of sp³-hybridized carbons (Fsp3) is 0.500. The topological polar surface area (TPSA) is 24.5 Å². The summed E-state index contributed by atoms with van der Waals surface area (Å²) in [6.45, 7) is 1.76. The van der Waals surface area contributed by atoms with Crippen molar-refractivity contribution in [2.75, 3.05) is 44.6 Å². The summed E-state index contributed by atoms with van der Waals surface area (Å²) in [5.74, 6) is 0. The lowest BCUT2D eigenvalue weighted by molar-refractivity contribution is 0.198. The van der Waals surface area contributed by atoms with Gasteiger partial charge in [0.05, 0.1) is 0 Å². The van der Waals surface area contributed by atoms with Gasteiger partial charge in [0.15, 0.2) is 0 Å². The minimum atomic E-state index is 0.808. The van der Waals surface area contributed by atoms with Crippen LogP contribution in [0.5, 0.6) is 0 Å². The molecule has 15 heavy (non-hydrogen) atoms. The Kier molecular flexibility index (Phi) is 4.98. The Labute approximate surface area is 92.0 Å². The largest absolute Gasteiger partial charge is 0.385 e. The Balaban J connectivity index is 2.36. The van der Waals surface area contributed by atoms with E-state index in [0.29, 0.717) is 0 Å². The molecule has 1 aromatic rings. The van der Waals surface area contributed by atoms with Crippen LogP contribution in [0, 0.1) is 0 Å². The number of methoxy groups -OCH3 is 1. The number of ether oxygens (including phenoxy) is 1. The van der Waals surface area contributed by atoms with E-state index in [1.54, 1.807) is 7.11 Å². The molecule has 3 heteroatoms. The Morgan fingerprint density at radius 2 is 1.87 bits per heavy atom. The van der Waals surface area contributed by atoms with E-state index in [4.69, 9.17) is 4.74 Å². The van der Waals surface area contributed by atoms with Gasteiger partial charge in [-0.2, -0.15) is 0 Å². The molecule has 0 aliphatic carbocycles. The molecule has 3 nitrogen and oxygen atoms in total. The average molecular weight is 208 g/mol. The van der Waals surface area contributed by atoms with E-state index < -0.39 is 0 Å². The predicted molar refractivity (Wildman–Crippen MR) is 65.8 cm³/mol. The number of nitrogens with zero attached hydrogens (tertiary/aromatic N) is 1. The quantitative estimate of drug-likeness (QED) is 0.725. The average Bonchev–Trinajstić information content (AvgIpc) is 2.25. The molecule has 0 aromatic heterocycles. The van der Waals surface area contributed by atoms with Gasteiger partial charge in [0, 0.05) is 45.7 Å². The van der Waals surface area contributed by atoms with Crippen molar-refractivity contribution in [3.63, 3.8) is 0 Å². The third-order valence-electron chi connectivity index (χ3n) is 2.24. The first-order valence-electron chi connectivity index (χ1n) is 5.24. The molecule has 0 aliphatic heterocycles. The summed E-state index contributed by atoms with van der Waals surface area (Å²) in [6.07, 6.45) is 1.03. The minimum absolute atomic E-state index is 0.808. The van der Waals surface area contributed by atoms with Gasteiger partial charge in [0.25, 0.3) is 0 Å². The van der Waals surface area contributed by atoms with Gasteiger partial charge in [-0.25, -0.2) is 0 Å². The maximum atomic E-state index is 4.98. The third kappa shape index (κ3) is 4.21. The van der Waals surface area contributed by atoms with Crippen LogP contribution in [0.15, 0.2) is 24.3 Å². The van der Waals surface area contributed by atoms with Crippen molar-refractivity contribution in [2.45, 2.75) is 6.42 Å². The molecule has 1 rings (SSSR count). The van der Waals surface area contributed by atoms with E-state index in [9.17, 15) is 0 Å². The summed E-state index contributed by atoms with van der Waals surface area (Å²) >= 11 is 0. The summed E-state index contributed by atoms with van der Waals surface area (Å²) < 4.78 is 4.98. The molecular weight excluding hydrogens is 188 g/mol. The molecule has 0 aliphatic rings. The standard InChI is InChI=1S/C12H20N2O/c1-14(2)12-7-5-11(6-8-12)13-9-4-10-15-3/h5-8,13H,4,9-10H2,1-3H3. The minimum Gasteiger partial charge on any atom is -0.385 e. The lowest BCUT2D eigenvalue weighted by Crippen LogP contribution is -2.09. The molecule has 0 radical (unpaired) electrons. The summed E-state index contributed by atoms with van der Waals surface area (Å²) in [7, 11) is 5.81. The van der Waals surface area contributed by atoms with E-state index in [-0.39, 0.29) is 0 Å². The number of anilines is 2. The van der Waals surface area contributed by atoms with Gasteiger partial charge in [-0.3, -0.25) is 0 Å². The Morgan fingerprint density at radius 3 is 2.40 bits per heavy atom. The molecular formula is C12H20N2O. The van der Waals surface area contributed by atoms with Gasteiger partial charge in [0.1, 0.15) is 0 Å². The fourth-order valence-electron chi connectivity index (χ4n) is 1.33. The SMILES string of the molecule is COCCCNc1ccc(N(C)C)cc1. The van der Waals surface area contributed by atoms with Crippen molar-refractivity contribution >= 4 is 11.4 Å². The van der Waals surface area contributed by atoms with Crippen LogP contribution in [0.1, 0.15) is 6.42 Å². The normalized spacial score (nSPS) is 10.1. The molecule has 0 unspecified atom stereocenters. The summed E-state index contributed by atoms with van der Waals surface area (Å²) in [5.41, 5.74) is 2.38. The van der Waals surface area contributed by atoms with Gasteiger partial charge >= 0.3 is 0 Å². The van der Waals surface area contributed by atoms with Gasteiger partial charge in [-0.05, 0) is 30.7 Å². The van der Waals surface area contributed by atoms with Crippen LogP contribution in [-0.4, -0.2) is 34.4 Å². The van der Waals surface area contributed by atoms with Crippen molar-refractivity contribution in [2.24, 2.45) is 0 Å². The second kappa shape index (κ2) is 6.30. The fourth-order valence-corrected chi connectivity index (χ4v) is 1.33. The zero-order chi connectivity index (χ0) is 11.1. The van der Waals surface area contributed by atoms with Crippen LogP contribution in [-0.2, 0) is 4.74 Å². The van der Waals surface area contributed by atoms with Crippen LogP contribution >= 0.6 is 0 Å². The van der Waals surface area contributed by atoms with Crippen molar-refractivity contribution in [1.29, 1.82) is 0 Å². The van der Waals surface area contributed by atoms with Crippen LogP contribution < -0.4 is 10.2 Å². The molecule has 1 N–H and O–H groups in total. The maximum absolute atomic E-state index is 4.98. The highest BCUT2D eigenvalue weighted by Gasteiger charge is 1.95. The van der Waals surface area contributed by atoms with Crippen molar-refractivity contribution in [1.82, 2.24) is 0 Å². The molecule has 0 heterocycles. The number of hydrogen-bond acceptors (Lipinski definition) is 3. The van der Waals surface area contributed by atoms with E-state index in [1.807, 2.05) is 14.1 Å². The highest BCUT2D eigenvalue weighted by Crippen LogP contribution is 2.15. The zero-order valence-corrected chi connectivity index (χ0v) is 9.79. The lowest BCUT2D eigenvalue weighted by atomic mass is 10.2. The first-order chi connectivity index (χ1) is 7.24. The molecule has 0 spiro atoms. The van der Waals surface area contributed by atoms with Crippen molar-refractivity contribution < 1.29 is 4.74 Å².